The van der Waals surface area contributed by atoms with Gasteiger partial charge in [-0.2, -0.15) is 0 Å². The second-order valence-corrected chi connectivity index (χ2v) is 7.66. The van der Waals surface area contributed by atoms with Crippen LogP contribution in [0.15, 0.2) is 12.1 Å². The fourth-order valence-electron chi connectivity index (χ4n) is 2.32. The molecule has 0 spiro atoms. The van der Waals surface area contributed by atoms with Crippen molar-refractivity contribution in [2.45, 2.75) is 57.8 Å². The highest BCUT2D eigenvalue weighted by atomic mass is 35.5. The number of unbranched alkanes of at least 4 members (excludes halogenated alkanes) is 5. The van der Waals surface area contributed by atoms with Gasteiger partial charge in [-0.05, 0) is 25.3 Å². The van der Waals surface area contributed by atoms with Crippen molar-refractivity contribution in [2.24, 2.45) is 0 Å². The predicted octanol–water partition coefficient (Wildman–Crippen LogP) is 6.85. The molecule has 1 aromatic carbocycles. The predicted molar refractivity (Wildman–Crippen MR) is 110 cm³/mol. The first-order valence-corrected chi connectivity index (χ1v) is 10.7. The number of ether oxygens (including phenoxy) is 2. The lowest BCUT2D eigenvalue weighted by Crippen LogP contribution is -2.11. The van der Waals surface area contributed by atoms with Crippen LogP contribution in [-0.4, -0.2) is 24.4 Å². The highest BCUT2D eigenvalue weighted by molar-refractivity contribution is 6.44. The molecule has 27 heavy (non-hydrogen) atoms. The average molecular weight is 458 g/mol. The zero-order valence-electron chi connectivity index (χ0n) is 15.1. The van der Waals surface area contributed by atoms with Crippen LogP contribution in [0.4, 0.5) is 0 Å². The summed E-state index contributed by atoms with van der Waals surface area (Å²) in [4.78, 5) is 23.5. The van der Waals surface area contributed by atoms with Crippen molar-refractivity contribution in [1.82, 2.24) is 0 Å². The molecule has 0 aliphatic carbocycles. The highest BCUT2D eigenvalue weighted by Crippen LogP contribution is 2.35. The topological polar surface area (TPSA) is 52.6 Å². The van der Waals surface area contributed by atoms with Crippen molar-refractivity contribution in [2.75, 3.05) is 12.5 Å². The van der Waals surface area contributed by atoms with Gasteiger partial charge in [-0.15, -0.1) is 11.6 Å². The lowest BCUT2D eigenvalue weighted by Gasteiger charge is -2.08. The third kappa shape index (κ3) is 11.0. The molecule has 0 aliphatic rings. The Morgan fingerprint density at radius 2 is 1.44 bits per heavy atom. The Kier molecular flexibility index (Phi) is 12.9. The molecule has 0 aliphatic heterocycles. The lowest BCUT2D eigenvalue weighted by atomic mass is 10.1. The zero-order valence-corrected chi connectivity index (χ0v) is 18.1. The van der Waals surface area contributed by atoms with Crippen molar-refractivity contribution in [3.8, 4) is 5.75 Å². The van der Waals surface area contributed by atoms with Crippen molar-refractivity contribution in [3.05, 3.63) is 27.2 Å². The van der Waals surface area contributed by atoms with E-state index in [1.54, 1.807) is 0 Å². The third-order valence-electron chi connectivity index (χ3n) is 3.74. The maximum atomic E-state index is 11.8. The highest BCUT2D eigenvalue weighted by Gasteiger charge is 2.13. The third-order valence-corrected chi connectivity index (χ3v) is 5.01. The SMILES string of the molecule is O=C(CCCC(=O)Oc1cc(Cl)cc(Cl)c1Cl)OCCCCCCCCCl. The molecule has 152 valence electrons. The Balaban J connectivity index is 2.13. The molecule has 0 N–H and O–H groups in total. The molecule has 4 nitrogen and oxygen atoms in total. The molecule has 8 heteroatoms. The Bertz CT molecular complexity index is 608. The average Bonchev–Trinajstić information content (AvgIpc) is 2.61. The molecule has 0 fully saturated rings. The molecule has 1 aromatic rings. The maximum Gasteiger partial charge on any atom is 0.311 e. The van der Waals surface area contributed by atoms with Crippen LogP contribution in [0, 0.1) is 0 Å². The Morgan fingerprint density at radius 3 is 2.15 bits per heavy atom. The number of carbonyl (C=O) groups excluding carboxylic acids is 2. The minimum Gasteiger partial charge on any atom is -0.466 e. The number of alkyl halides is 1. The number of benzene rings is 1. The molecule has 0 aromatic heterocycles. The van der Waals surface area contributed by atoms with Crippen LogP contribution in [0.5, 0.6) is 5.75 Å². The van der Waals surface area contributed by atoms with E-state index in [2.05, 4.69) is 0 Å². The van der Waals surface area contributed by atoms with E-state index >= 15 is 0 Å². The largest absolute Gasteiger partial charge is 0.466 e. The second-order valence-electron chi connectivity index (χ2n) is 6.06. The first-order valence-electron chi connectivity index (χ1n) is 9.01. The summed E-state index contributed by atoms with van der Waals surface area (Å²) in [5.41, 5.74) is 0. The van der Waals surface area contributed by atoms with Crippen molar-refractivity contribution in [1.29, 1.82) is 0 Å². The van der Waals surface area contributed by atoms with Crippen LogP contribution in [-0.2, 0) is 14.3 Å². The smallest absolute Gasteiger partial charge is 0.311 e. The summed E-state index contributed by atoms with van der Waals surface area (Å²) in [6.07, 6.45) is 6.92. The van der Waals surface area contributed by atoms with Crippen LogP contribution in [0.1, 0.15) is 57.8 Å². The molecule has 0 atom stereocenters. The van der Waals surface area contributed by atoms with Gasteiger partial charge in [-0.1, -0.05) is 60.5 Å². The van der Waals surface area contributed by atoms with Gasteiger partial charge in [0, 0.05) is 29.8 Å². The normalized spacial score (nSPS) is 10.7. The van der Waals surface area contributed by atoms with Crippen LogP contribution < -0.4 is 4.74 Å². The van der Waals surface area contributed by atoms with Gasteiger partial charge in [-0.25, -0.2) is 0 Å². The van der Waals surface area contributed by atoms with Gasteiger partial charge in [0.15, 0.2) is 5.75 Å². The van der Waals surface area contributed by atoms with Crippen LogP contribution in [0.25, 0.3) is 0 Å². The van der Waals surface area contributed by atoms with Crippen LogP contribution in [0.2, 0.25) is 15.1 Å². The van der Waals surface area contributed by atoms with E-state index in [-0.39, 0.29) is 34.6 Å². The van der Waals surface area contributed by atoms with Gasteiger partial charge in [0.05, 0.1) is 11.6 Å². The van der Waals surface area contributed by atoms with Gasteiger partial charge in [0.25, 0.3) is 0 Å². The summed E-state index contributed by atoms with van der Waals surface area (Å²) in [6, 6.07) is 2.87. The molecule has 0 bridgehead atoms. The fraction of sp³-hybridized carbons (Fsp3) is 0.579. The number of esters is 2. The Labute approximate surface area is 180 Å². The van der Waals surface area contributed by atoms with E-state index < -0.39 is 5.97 Å². The van der Waals surface area contributed by atoms with Gasteiger partial charge in [0.2, 0.25) is 0 Å². The summed E-state index contributed by atoms with van der Waals surface area (Å²) < 4.78 is 10.3. The van der Waals surface area contributed by atoms with Crippen LogP contribution in [0.3, 0.4) is 0 Å². The van der Waals surface area contributed by atoms with Gasteiger partial charge in [0.1, 0.15) is 5.02 Å². The summed E-state index contributed by atoms with van der Waals surface area (Å²) in [5, 5.41) is 0.640. The lowest BCUT2D eigenvalue weighted by molar-refractivity contribution is -0.144. The molecular formula is C19H24Cl4O4. The van der Waals surface area contributed by atoms with E-state index in [1.807, 2.05) is 0 Å². The Hall–Kier alpha value is -0.680. The molecule has 0 unspecified atom stereocenters. The monoisotopic (exact) mass is 456 g/mol. The zero-order chi connectivity index (χ0) is 20.1. The van der Waals surface area contributed by atoms with Crippen molar-refractivity contribution in [3.63, 3.8) is 0 Å². The van der Waals surface area contributed by atoms with E-state index in [0.717, 1.165) is 38.5 Å². The van der Waals surface area contributed by atoms with Gasteiger partial charge in [-0.3, -0.25) is 9.59 Å². The number of halogens is 4. The van der Waals surface area contributed by atoms with E-state index in [9.17, 15) is 9.59 Å². The standard InChI is InChI=1S/C19H24Cl4O4/c20-10-5-3-1-2-4-6-11-26-17(24)8-7-9-18(25)27-16-13-14(21)12-15(22)19(16)23/h12-13H,1-11H2. The van der Waals surface area contributed by atoms with Crippen molar-refractivity contribution < 1.29 is 19.1 Å². The maximum absolute atomic E-state index is 11.8. The minimum atomic E-state index is -0.514. The molecule has 0 saturated heterocycles. The summed E-state index contributed by atoms with van der Waals surface area (Å²) >= 11 is 23.3. The summed E-state index contributed by atoms with van der Waals surface area (Å²) in [6.45, 7) is 0.412. The van der Waals surface area contributed by atoms with Crippen molar-refractivity contribution >= 4 is 58.3 Å². The molecule has 1 rings (SSSR count). The van der Waals surface area contributed by atoms with E-state index in [1.165, 1.54) is 12.1 Å². The summed E-state index contributed by atoms with van der Waals surface area (Å²) in [7, 11) is 0. The number of carbonyl (C=O) groups is 2. The number of rotatable bonds is 13. The molecule has 0 heterocycles. The second kappa shape index (κ2) is 14.3. The van der Waals surface area contributed by atoms with Crippen LogP contribution >= 0.6 is 46.4 Å². The molecule has 0 saturated carbocycles. The minimum absolute atomic E-state index is 0.0656. The van der Waals surface area contributed by atoms with E-state index in [0.29, 0.717) is 23.9 Å². The van der Waals surface area contributed by atoms with Gasteiger partial charge < -0.3 is 9.47 Å². The Morgan fingerprint density at radius 1 is 0.815 bits per heavy atom. The first-order chi connectivity index (χ1) is 12.9. The number of hydrogen-bond donors (Lipinski definition) is 0. The first kappa shape index (κ1) is 24.4. The molecule has 0 radical (unpaired) electrons. The van der Waals surface area contributed by atoms with Gasteiger partial charge >= 0.3 is 11.9 Å². The summed E-state index contributed by atoms with van der Waals surface area (Å²) in [5.74, 6) is -0.00746. The van der Waals surface area contributed by atoms with E-state index in [4.69, 9.17) is 55.9 Å². The number of hydrogen-bond acceptors (Lipinski definition) is 4. The quantitative estimate of drug-likeness (QED) is 0.107. The fourth-order valence-corrected chi connectivity index (χ4v) is 3.13. The molecular weight excluding hydrogens is 434 g/mol. The molecule has 0 amide bonds.